The van der Waals surface area contributed by atoms with Gasteiger partial charge in [-0.1, -0.05) is 0 Å². The molecule has 342 valence electrons. The van der Waals surface area contributed by atoms with Crippen LogP contribution in [0.2, 0.25) is 0 Å². The van der Waals surface area contributed by atoms with Gasteiger partial charge >= 0.3 is 11.9 Å². The number of rotatable bonds is 14. The predicted octanol–water partition coefficient (Wildman–Crippen LogP) is 8.35. The lowest BCUT2D eigenvalue weighted by Crippen LogP contribution is -2.28. The lowest BCUT2D eigenvalue weighted by atomic mass is 9.75. The monoisotopic (exact) mass is 867 g/mol. The molecule has 2 aromatic carbocycles. The largest absolute Gasteiger partial charge is 0.481 e. The van der Waals surface area contributed by atoms with Crippen LogP contribution in [0.5, 0.6) is 0 Å². The van der Waals surface area contributed by atoms with E-state index in [1.54, 1.807) is 23.9 Å². The number of nitrogens with zero attached hydrogens (tertiary/aromatic N) is 4. The Hall–Kier alpha value is -4.68. The molecule has 2 atom stereocenters. The van der Waals surface area contributed by atoms with Gasteiger partial charge in [0.1, 0.15) is 0 Å². The number of benzene rings is 2. The average Bonchev–Trinajstić information content (AvgIpc) is 3.81. The van der Waals surface area contributed by atoms with Crippen LogP contribution in [-0.4, -0.2) is 109 Å². The van der Waals surface area contributed by atoms with Gasteiger partial charge in [0, 0.05) is 124 Å². The third kappa shape index (κ3) is 10.5. The SMILES string of the molecule is CCn1c2c(c3cc(C(=O)N(C)CCCC(=O)O)ccc31)CC(C1CCOCC1)CC2.CCn1c2c(c3cc(C(=O)N(C)CCCC(=O)OC)ccc31)CC(C1CCOCC1)CC2. The van der Waals surface area contributed by atoms with E-state index in [0.717, 1.165) is 95.4 Å². The number of aliphatic carboxylic acids is 1. The van der Waals surface area contributed by atoms with Crippen LogP contribution < -0.4 is 0 Å². The molecule has 63 heavy (non-hydrogen) atoms. The first kappa shape index (κ1) is 46.3. The van der Waals surface area contributed by atoms with E-state index in [4.69, 9.17) is 19.3 Å². The van der Waals surface area contributed by atoms with E-state index in [0.29, 0.717) is 49.8 Å². The van der Waals surface area contributed by atoms with Gasteiger partial charge in [-0.2, -0.15) is 0 Å². The maximum absolute atomic E-state index is 13.1. The zero-order valence-electron chi connectivity index (χ0n) is 38.4. The van der Waals surface area contributed by atoms with Crippen molar-refractivity contribution in [1.29, 1.82) is 0 Å². The van der Waals surface area contributed by atoms with Gasteiger partial charge in [-0.15, -0.1) is 0 Å². The first-order valence-electron chi connectivity index (χ1n) is 23.8. The number of carboxylic acids is 1. The summed E-state index contributed by atoms with van der Waals surface area (Å²) in [6, 6.07) is 12.3. The summed E-state index contributed by atoms with van der Waals surface area (Å²) in [6.07, 6.45) is 13.1. The summed E-state index contributed by atoms with van der Waals surface area (Å²) < 4.78 is 20.7. The van der Waals surface area contributed by atoms with Gasteiger partial charge in [0.05, 0.1) is 7.11 Å². The van der Waals surface area contributed by atoms with Gasteiger partial charge in [-0.25, -0.2) is 0 Å². The van der Waals surface area contributed by atoms with Gasteiger partial charge in [0.25, 0.3) is 11.8 Å². The quantitative estimate of drug-likeness (QED) is 0.125. The lowest BCUT2D eigenvalue weighted by molar-refractivity contribution is -0.141. The molecule has 4 aliphatic rings. The molecule has 0 spiro atoms. The van der Waals surface area contributed by atoms with Crippen molar-refractivity contribution in [2.75, 3.05) is 60.7 Å². The molecule has 2 saturated heterocycles. The molecule has 4 heterocycles. The van der Waals surface area contributed by atoms with E-state index in [1.165, 1.54) is 77.1 Å². The highest BCUT2D eigenvalue weighted by molar-refractivity contribution is 6.00. The summed E-state index contributed by atoms with van der Waals surface area (Å²) in [6.45, 7) is 10.8. The van der Waals surface area contributed by atoms with Crippen LogP contribution in [0.4, 0.5) is 0 Å². The summed E-state index contributed by atoms with van der Waals surface area (Å²) in [5, 5.41) is 11.3. The minimum atomic E-state index is -0.825. The standard InChI is InChI=1S/C26H36N2O4.C25H34N2O4/c1-4-28-23-9-7-19(18-11-14-32-15-12-18)16-21(23)22-17-20(8-10-24(22)28)26(30)27(2)13-5-6-25(29)31-3;1-3-27-22-8-6-18(17-10-13-31-14-11-17)15-20(22)21-16-19(7-9-23(21)27)25(30)26(2)12-4-5-24(28)29/h8,10,17-19H,4-7,9,11-16H2,1-3H3;7,9,16-18H,3-6,8,10-15H2,1-2H3,(H,28,29). The zero-order chi connectivity index (χ0) is 44.6. The van der Waals surface area contributed by atoms with Crippen LogP contribution >= 0.6 is 0 Å². The number of ether oxygens (including phenoxy) is 3. The summed E-state index contributed by atoms with van der Waals surface area (Å²) in [5.41, 5.74) is 9.68. The van der Waals surface area contributed by atoms with Crippen LogP contribution in [0, 0.1) is 23.7 Å². The number of amides is 2. The Bertz CT molecular complexity index is 2250. The maximum atomic E-state index is 13.1. The number of carbonyl (C=O) groups excluding carboxylic acids is 3. The molecule has 0 saturated carbocycles. The van der Waals surface area contributed by atoms with Gasteiger partial charge in [0.15, 0.2) is 0 Å². The molecule has 2 unspecified atom stereocenters. The van der Waals surface area contributed by atoms with E-state index >= 15 is 0 Å². The predicted molar refractivity (Wildman–Crippen MR) is 245 cm³/mol. The first-order valence-corrected chi connectivity index (χ1v) is 23.8. The van der Waals surface area contributed by atoms with Crippen molar-refractivity contribution in [1.82, 2.24) is 18.9 Å². The van der Waals surface area contributed by atoms with Crippen LogP contribution in [0.15, 0.2) is 36.4 Å². The molecule has 2 aromatic heterocycles. The van der Waals surface area contributed by atoms with Crippen molar-refractivity contribution >= 4 is 45.6 Å². The third-order valence-electron chi connectivity index (χ3n) is 14.7. The summed E-state index contributed by atoms with van der Waals surface area (Å²) >= 11 is 0. The van der Waals surface area contributed by atoms with Gasteiger partial charge in [-0.3, -0.25) is 19.2 Å². The van der Waals surface area contributed by atoms with Crippen molar-refractivity contribution in [3.63, 3.8) is 0 Å². The minimum absolute atomic E-state index is 0.00607. The number of hydrogen-bond acceptors (Lipinski definition) is 7. The highest BCUT2D eigenvalue weighted by atomic mass is 16.5. The Morgan fingerprint density at radius 1 is 0.651 bits per heavy atom. The van der Waals surface area contributed by atoms with Gasteiger partial charge in [0.2, 0.25) is 0 Å². The van der Waals surface area contributed by atoms with Crippen molar-refractivity contribution in [3.8, 4) is 0 Å². The van der Waals surface area contributed by atoms with Crippen LogP contribution in [-0.2, 0) is 62.6 Å². The molecule has 0 bridgehead atoms. The number of esters is 1. The average molecular weight is 867 g/mol. The fourth-order valence-corrected chi connectivity index (χ4v) is 11.2. The van der Waals surface area contributed by atoms with E-state index in [1.807, 2.05) is 12.1 Å². The summed E-state index contributed by atoms with van der Waals surface area (Å²) in [4.78, 5) is 51.5. The van der Waals surface area contributed by atoms with E-state index < -0.39 is 5.97 Å². The first-order chi connectivity index (χ1) is 30.5. The number of carboxylic acid groups (broad SMARTS) is 1. The van der Waals surface area contributed by atoms with Crippen LogP contribution in [0.3, 0.4) is 0 Å². The fraction of sp³-hybridized carbons (Fsp3) is 0.608. The Labute approximate surface area is 373 Å². The maximum Gasteiger partial charge on any atom is 0.305 e. The molecule has 2 fully saturated rings. The van der Waals surface area contributed by atoms with Gasteiger partial charge in [-0.05, 0) is 162 Å². The zero-order valence-corrected chi connectivity index (χ0v) is 38.4. The number of hydrogen-bond donors (Lipinski definition) is 1. The number of carbonyl (C=O) groups is 4. The number of aryl methyl sites for hydroxylation is 2. The second kappa shape index (κ2) is 21.3. The normalized spacial score (nSPS) is 19.2. The van der Waals surface area contributed by atoms with Crippen molar-refractivity contribution < 1.29 is 38.5 Å². The second-order valence-corrected chi connectivity index (χ2v) is 18.3. The molecule has 8 rings (SSSR count). The Kier molecular flexibility index (Phi) is 15.7. The Balaban J connectivity index is 0.000000189. The minimum Gasteiger partial charge on any atom is -0.481 e. The van der Waals surface area contributed by atoms with E-state index in [2.05, 4.69) is 47.2 Å². The summed E-state index contributed by atoms with van der Waals surface area (Å²) in [7, 11) is 4.95. The van der Waals surface area contributed by atoms with Crippen molar-refractivity contribution in [2.24, 2.45) is 23.7 Å². The molecule has 2 aliphatic heterocycles. The van der Waals surface area contributed by atoms with E-state index in [-0.39, 0.29) is 24.2 Å². The molecule has 12 nitrogen and oxygen atoms in total. The Morgan fingerprint density at radius 3 is 1.48 bits per heavy atom. The smallest absolute Gasteiger partial charge is 0.305 e. The fourth-order valence-electron chi connectivity index (χ4n) is 11.2. The topological polar surface area (TPSA) is 133 Å². The van der Waals surface area contributed by atoms with E-state index in [9.17, 15) is 19.2 Å². The lowest BCUT2D eigenvalue weighted by Gasteiger charge is -2.33. The number of aromatic nitrogens is 2. The van der Waals surface area contributed by atoms with Crippen LogP contribution in [0.25, 0.3) is 21.8 Å². The number of methoxy groups -OCH3 is 1. The highest BCUT2D eigenvalue weighted by Gasteiger charge is 2.33. The molecule has 12 heteroatoms. The molecule has 0 radical (unpaired) electrons. The second-order valence-electron chi connectivity index (χ2n) is 18.3. The Morgan fingerprint density at radius 2 is 1.08 bits per heavy atom. The number of fused-ring (bicyclic) bond motifs is 6. The third-order valence-corrected chi connectivity index (χ3v) is 14.7. The van der Waals surface area contributed by atoms with Crippen molar-refractivity contribution in [2.45, 2.75) is 117 Å². The highest BCUT2D eigenvalue weighted by Crippen LogP contribution is 2.41. The van der Waals surface area contributed by atoms with Crippen molar-refractivity contribution in [3.05, 3.63) is 70.0 Å². The van der Waals surface area contributed by atoms with Gasteiger partial charge < -0.3 is 38.3 Å². The van der Waals surface area contributed by atoms with Crippen LogP contribution in [0.1, 0.15) is 121 Å². The summed E-state index contributed by atoms with van der Waals surface area (Å²) in [5.74, 6) is 1.81. The molecule has 2 amide bonds. The molecule has 1 N–H and O–H groups in total. The molecular formula is C51H70N4O8. The molecule has 2 aliphatic carbocycles. The molecular weight excluding hydrogens is 797 g/mol. The molecule has 4 aromatic rings.